The van der Waals surface area contributed by atoms with Crippen LogP contribution in [0.15, 0.2) is 18.3 Å². The molecule has 0 saturated carbocycles. The van der Waals surface area contributed by atoms with Crippen molar-refractivity contribution in [1.29, 1.82) is 0 Å². The van der Waals surface area contributed by atoms with Gasteiger partial charge in [0.1, 0.15) is 0 Å². The topological polar surface area (TPSA) is 61.7 Å². The summed E-state index contributed by atoms with van der Waals surface area (Å²) in [5.41, 5.74) is 1.82. The summed E-state index contributed by atoms with van der Waals surface area (Å²) in [6.45, 7) is 10.2. The average Bonchev–Trinajstić information content (AvgIpc) is 3.12. The maximum Gasteiger partial charge on any atom is 0.257 e. The summed E-state index contributed by atoms with van der Waals surface area (Å²) in [6.07, 6.45) is 3.36. The Bertz CT molecular complexity index is 1040. The Morgan fingerprint density at radius 1 is 1.06 bits per heavy atom. The molecule has 34 heavy (non-hydrogen) atoms. The standard InChI is InChI=1S/C25H35F2N5O2/c1-6-24(33)32-12-8-10-30(17(2)3)9-7-11-31(25(34)20-16-29(5)28-18(20)4)15-19-13-21(26)22(27)14-23(19)32/h13-14,16-17H,6-12,15H2,1-5H3. The fraction of sp³-hybridized carbons (Fsp3) is 0.560. The van der Waals surface area contributed by atoms with Crippen molar-refractivity contribution in [3.63, 3.8) is 0 Å². The van der Waals surface area contributed by atoms with Gasteiger partial charge in [-0.3, -0.25) is 14.3 Å². The Morgan fingerprint density at radius 2 is 1.71 bits per heavy atom. The molecule has 1 aromatic heterocycles. The summed E-state index contributed by atoms with van der Waals surface area (Å²) in [6, 6.07) is 2.51. The monoisotopic (exact) mass is 475 g/mol. The predicted molar refractivity (Wildman–Crippen MR) is 128 cm³/mol. The third-order valence-corrected chi connectivity index (χ3v) is 6.34. The highest BCUT2D eigenvalue weighted by molar-refractivity contribution is 5.96. The number of rotatable bonds is 3. The van der Waals surface area contributed by atoms with Crippen molar-refractivity contribution >= 4 is 17.5 Å². The molecule has 1 aliphatic heterocycles. The number of carbonyl (C=O) groups is 2. The van der Waals surface area contributed by atoms with Crippen molar-refractivity contribution in [3.8, 4) is 0 Å². The number of amides is 2. The molecule has 0 unspecified atom stereocenters. The molecule has 2 heterocycles. The van der Waals surface area contributed by atoms with Crippen molar-refractivity contribution in [2.24, 2.45) is 7.05 Å². The first kappa shape index (κ1) is 25.8. The largest absolute Gasteiger partial charge is 0.334 e. The number of anilines is 1. The molecule has 1 aromatic carbocycles. The lowest BCUT2D eigenvalue weighted by Gasteiger charge is -2.33. The van der Waals surface area contributed by atoms with E-state index in [1.807, 2.05) is 0 Å². The molecule has 0 aliphatic carbocycles. The van der Waals surface area contributed by atoms with Crippen molar-refractivity contribution in [1.82, 2.24) is 19.6 Å². The number of nitrogens with zero attached hydrogens (tertiary/aromatic N) is 5. The smallest absolute Gasteiger partial charge is 0.257 e. The van der Waals surface area contributed by atoms with Crippen LogP contribution >= 0.6 is 0 Å². The molecular formula is C25H35F2N5O2. The highest BCUT2D eigenvalue weighted by Gasteiger charge is 2.26. The molecule has 186 valence electrons. The first-order valence-electron chi connectivity index (χ1n) is 11.9. The molecule has 0 saturated heterocycles. The lowest BCUT2D eigenvalue weighted by Crippen LogP contribution is -2.40. The first-order valence-corrected chi connectivity index (χ1v) is 11.9. The summed E-state index contributed by atoms with van der Waals surface area (Å²) in [7, 11) is 1.75. The van der Waals surface area contributed by atoms with Gasteiger partial charge in [0.2, 0.25) is 5.91 Å². The lowest BCUT2D eigenvalue weighted by molar-refractivity contribution is -0.118. The molecule has 0 spiro atoms. The van der Waals surface area contributed by atoms with Crippen LogP contribution in [-0.4, -0.2) is 63.6 Å². The number of hydrogen-bond acceptors (Lipinski definition) is 4. The van der Waals surface area contributed by atoms with E-state index in [-0.39, 0.29) is 24.8 Å². The van der Waals surface area contributed by atoms with Crippen molar-refractivity contribution < 1.29 is 18.4 Å². The highest BCUT2D eigenvalue weighted by atomic mass is 19.2. The molecule has 7 nitrogen and oxygen atoms in total. The van der Waals surface area contributed by atoms with E-state index >= 15 is 0 Å². The van der Waals surface area contributed by atoms with Crippen LogP contribution in [0.4, 0.5) is 14.5 Å². The zero-order valence-corrected chi connectivity index (χ0v) is 20.8. The van der Waals surface area contributed by atoms with Gasteiger partial charge in [0, 0.05) is 64.5 Å². The molecule has 0 N–H and O–H groups in total. The van der Waals surface area contributed by atoms with Crippen molar-refractivity contribution in [3.05, 3.63) is 46.8 Å². The molecule has 0 radical (unpaired) electrons. The fourth-order valence-corrected chi connectivity index (χ4v) is 4.49. The van der Waals surface area contributed by atoms with Crippen LogP contribution in [0, 0.1) is 18.6 Å². The van der Waals surface area contributed by atoms with Crippen LogP contribution in [0.25, 0.3) is 0 Å². The van der Waals surface area contributed by atoms with Gasteiger partial charge >= 0.3 is 0 Å². The van der Waals surface area contributed by atoms with Gasteiger partial charge in [-0.05, 0) is 45.2 Å². The number of aryl methyl sites for hydroxylation is 2. The Hall–Kier alpha value is -2.81. The summed E-state index contributed by atoms with van der Waals surface area (Å²) >= 11 is 0. The maximum absolute atomic E-state index is 14.3. The Kier molecular flexibility index (Phi) is 8.41. The van der Waals surface area contributed by atoms with E-state index in [0.717, 1.165) is 31.6 Å². The minimum absolute atomic E-state index is 0.0644. The lowest BCUT2D eigenvalue weighted by atomic mass is 10.1. The van der Waals surface area contributed by atoms with Gasteiger partial charge in [0.25, 0.3) is 5.91 Å². The summed E-state index contributed by atoms with van der Waals surface area (Å²) in [5.74, 6) is -2.39. The predicted octanol–water partition coefficient (Wildman–Crippen LogP) is 3.90. The quantitative estimate of drug-likeness (QED) is 0.676. The van der Waals surface area contributed by atoms with Gasteiger partial charge in [-0.2, -0.15) is 5.10 Å². The van der Waals surface area contributed by atoms with Gasteiger partial charge in [-0.1, -0.05) is 6.92 Å². The zero-order valence-electron chi connectivity index (χ0n) is 20.8. The molecule has 0 fully saturated rings. The number of hydrogen-bond donors (Lipinski definition) is 0. The van der Waals surface area contributed by atoms with Crippen LogP contribution < -0.4 is 4.90 Å². The van der Waals surface area contributed by atoms with E-state index in [2.05, 4.69) is 23.8 Å². The summed E-state index contributed by atoms with van der Waals surface area (Å²) < 4.78 is 30.3. The molecular weight excluding hydrogens is 440 g/mol. The SMILES string of the molecule is CCC(=O)N1CCCN(C(C)C)CCCN(C(=O)c2cn(C)nc2C)Cc2cc(F)c(F)cc21. The summed E-state index contributed by atoms with van der Waals surface area (Å²) in [5, 5.41) is 4.28. The van der Waals surface area contributed by atoms with Gasteiger partial charge in [-0.25, -0.2) is 8.78 Å². The van der Waals surface area contributed by atoms with Crippen LogP contribution in [0.1, 0.15) is 61.6 Å². The number of halogens is 2. The Labute approximate surface area is 200 Å². The minimum atomic E-state index is -1.01. The minimum Gasteiger partial charge on any atom is -0.334 e. The molecule has 3 rings (SSSR count). The van der Waals surface area contributed by atoms with E-state index in [1.165, 1.54) is 4.90 Å². The number of carbonyl (C=O) groups excluding carboxylic acids is 2. The molecule has 1 aliphatic rings. The second-order valence-electron chi connectivity index (χ2n) is 9.16. The van der Waals surface area contributed by atoms with Gasteiger partial charge in [0.15, 0.2) is 11.6 Å². The van der Waals surface area contributed by atoms with Crippen LogP contribution in [0.3, 0.4) is 0 Å². The fourth-order valence-electron chi connectivity index (χ4n) is 4.49. The van der Waals surface area contributed by atoms with Crippen molar-refractivity contribution in [2.75, 3.05) is 31.1 Å². The van der Waals surface area contributed by atoms with E-state index in [0.29, 0.717) is 48.1 Å². The molecule has 0 bridgehead atoms. The van der Waals surface area contributed by atoms with E-state index in [4.69, 9.17) is 0 Å². The van der Waals surface area contributed by atoms with Gasteiger partial charge in [0.05, 0.1) is 16.9 Å². The second kappa shape index (κ2) is 11.1. The van der Waals surface area contributed by atoms with Crippen LogP contribution in [-0.2, 0) is 18.4 Å². The number of aromatic nitrogens is 2. The molecule has 9 heteroatoms. The van der Waals surface area contributed by atoms with Crippen LogP contribution in [0.5, 0.6) is 0 Å². The third kappa shape index (κ3) is 5.81. The normalized spacial score (nSPS) is 16.2. The molecule has 0 atom stereocenters. The van der Waals surface area contributed by atoms with Gasteiger partial charge in [-0.15, -0.1) is 0 Å². The zero-order chi connectivity index (χ0) is 25.0. The summed E-state index contributed by atoms with van der Waals surface area (Å²) in [4.78, 5) is 31.9. The average molecular weight is 476 g/mol. The number of benzene rings is 1. The second-order valence-corrected chi connectivity index (χ2v) is 9.16. The van der Waals surface area contributed by atoms with Crippen molar-refractivity contribution in [2.45, 2.75) is 59.5 Å². The highest BCUT2D eigenvalue weighted by Crippen LogP contribution is 2.28. The Morgan fingerprint density at radius 3 is 2.29 bits per heavy atom. The Balaban J connectivity index is 2.07. The third-order valence-electron chi connectivity index (χ3n) is 6.34. The van der Waals surface area contributed by atoms with Crippen LogP contribution in [0.2, 0.25) is 0 Å². The first-order chi connectivity index (χ1) is 16.1. The van der Waals surface area contributed by atoms with E-state index in [1.54, 1.807) is 36.7 Å². The van der Waals surface area contributed by atoms with E-state index < -0.39 is 11.6 Å². The molecule has 2 amide bonds. The van der Waals surface area contributed by atoms with Gasteiger partial charge < -0.3 is 14.7 Å². The molecule has 2 aromatic rings. The van der Waals surface area contributed by atoms with E-state index in [9.17, 15) is 18.4 Å². The number of fused-ring (bicyclic) bond motifs is 1. The maximum atomic E-state index is 14.3.